The van der Waals surface area contributed by atoms with Crippen LogP contribution in [0.2, 0.25) is 0 Å². The van der Waals surface area contributed by atoms with Gasteiger partial charge in [0.25, 0.3) is 0 Å². The first-order valence-electron chi connectivity index (χ1n) is 6.84. The van der Waals surface area contributed by atoms with Crippen LogP contribution in [0.15, 0.2) is 0 Å². The van der Waals surface area contributed by atoms with Gasteiger partial charge in [0.2, 0.25) is 6.41 Å². The molecule has 0 rings (SSSR count). The van der Waals surface area contributed by atoms with Crippen LogP contribution in [0.4, 0.5) is 0 Å². The molecule has 0 aliphatic rings. The van der Waals surface area contributed by atoms with Crippen molar-refractivity contribution in [3.63, 3.8) is 0 Å². The average Bonchev–Trinajstić information content (AvgIpc) is 2.39. The summed E-state index contributed by atoms with van der Waals surface area (Å²) >= 11 is 0. The molecule has 0 saturated carbocycles. The Morgan fingerprint density at radius 2 is 1.95 bits per heavy atom. The number of esters is 1. The Bertz CT molecular complexity index is 313. The van der Waals surface area contributed by atoms with Crippen molar-refractivity contribution in [3.8, 4) is 0 Å². The Hall–Kier alpha value is -1.14. The number of hydrogen-bond acceptors (Lipinski definition) is 5. The van der Waals surface area contributed by atoms with E-state index in [4.69, 9.17) is 4.84 Å². The smallest absolute Gasteiger partial charge is 0.336 e. The molecule has 20 heavy (non-hydrogen) atoms. The van der Waals surface area contributed by atoms with Gasteiger partial charge in [0.15, 0.2) is 6.10 Å². The average molecular weight is 289 g/mol. The standard InChI is InChI=1S/C14H27NO5/c1-7-10(2)8-11(12(17)13(18)19-6)15(9-16)20-14(3,4)5/h9-12,17H,7-8H2,1-6H3. The Labute approximate surface area is 121 Å². The van der Waals surface area contributed by atoms with Crippen molar-refractivity contribution < 1.29 is 24.3 Å². The van der Waals surface area contributed by atoms with Crippen LogP contribution in [0, 0.1) is 5.92 Å². The third kappa shape index (κ3) is 6.34. The molecular formula is C14H27NO5. The summed E-state index contributed by atoms with van der Waals surface area (Å²) in [5.41, 5.74) is -0.607. The van der Waals surface area contributed by atoms with E-state index >= 15 is 0 Å². The molecule has 3 unspecified atom stereocenters. The third-order valence-electron chi connectivity index (χ3n) is 2.96. The SMILES string of the molecule is CCC(C)CC(C(O)C(=O)OC)N(C=O)OC(C)(C)C. The normalized spacial score (nSPS) is 16.1. The minimum Gasteiger partial charge on any atom is -0.467 e. The van der Waals surface area contributed by atoms with Crippen molar-refractivity contribution in [2.45, 2.75) is 65.2 Å². The third-order valence-corrected chi connectivity index (χ3v) is 2.96. The first-order valence-corrected chi connectivity index (χ1v) is 6.84. The summed E-state index contributed by atoms with van der Waals surface area (Å²) in [6.45, 7) is 9.34. The molecule has 1 N–H and O–H groups in total. The lowest BCUT2D eigenvalue weighted by atomic mass is 9.95. The maximum Gasteiger partial charge on any atom is 0.336 e. The molecule has 0 spiro atoms. The summed E-state index contributed by atoms with van der Waals surface area (Å²) in [7, 11) is 1.20. The monoisotopic (exact) mass is 289 g/mol. The van der Waals surface area contributed by atoms with Gasteiger partial charge in [-0.1, -0.05) is 20.3 Å². The van der Waals surface area contributed by atoms with Crippen molar-refractivity contribution >= 4 is 12.4 Å². The zero-order chi connectivity index (χ0) is 15.9. The van der Waals surface area contributed by atoms with E-state index in [1.54, 1.807) is 20.8 Å². The van der Waals surface area contributed by atoms with Crippen LogP contribution in [-0.2, 0) is 19.2 Å². The highest BCUT2D eigenvalue weighted by atomic mass is 16.7. The maximum absolute atomic E-state index is 11.5. The number of aliphatic hydroxyl groups excluding tert-OH is 1. The van der Waals surface area contributed by atoms with Gasteiger partial charge in [0.1, 0.15) is 0 Å². The fourth-order valence-corrected chi connectivity index (χ4v) is 1.71. The Morgan fingerprint density at radius 1 is 1.40 bits per heavy atom. The molecule has 3 atom stereocenters. The Balaban J connectivity index is 5.15. The number of ether oxygens (including phenoxy) is 1. The number of nitrogens with zero attached hydrogens (tertiary/aromatic N) is 1. The van der Waals surface area contributed by atoms with Crippen LogP contribution in [0.25, 0.3) is 0 Å². The van der Waals surface area contributed by atoms with Gasteiger partial charge in [-0.2, -0.15) is 0 Å². The number of methoxy groups -OCH3 is 1. The summed E-state index contributed by atoms with van der Waals surface area (Å²) in [5.74, 6) is -0.548. The topological polar surface area (TPSA) is 76.1 Å². The maximum atomic E-state index is 11.5. The van der Waals surface area contributed by atoms with Gasteiger partial charge in [0.05, 0.1) is 18.8 Å². The number of carbonyl (C=O) groups excluding carboxylic acids is 2. The summed E-state index contributed by atoms with van der Waals surface area (Å²) in [4.78, 5) is 28.3. The van der Waals surface area contributed by atoms with Crippen LogP contribution < -0.4 is 0 Å². The molecule has 0 saturated heterocycles. The van der Waals surface area contributed by atoms with Crippen molar-refractivity contribution in [1.29, 1.82) is 0 Å². The first-order chi connectivity index (χ1) is 9.16. The highest BCUT2D eigenvalue weighted by molar-refractivity contribution is 5.75. The van der Waals surface area contributed by atoms with Crippen molar-refractivity contribution in [2.75, 3.05) is 7.11 Å². The molecule has 0 heterocycles. The summed E-state index contributed by atoms with van der Waals surface area (Å²) in [5, 5.41) is 11.1. The molecule has 0 aliphatic heterocycles. The lowest BCUT2D eigenvalue weighted by molar-refractivity contribution is -0.245. The minimum absolute atomic E-state index is 0.227. The predicted octanol–water partition coefficient (Wildman–Crippen LogP) is 1.51. The molecule has 0 aromatic carbocycles. The van der Waals surface area contributed by atoms with E-state index in [0.717, 1.165) is 11.5 Å². The van der Waals surface area contributed by atoms with Crippen molar-refractivity contribution in [2.24, 2.45) is 5.92 Å². The van der Waals surface area contributed by atoms with E-state index < -0.39 is 23.7 Å². The zero-order valence-electron chi connectivity index (χ0n) is 13.3. The summed E-state index contributed by atoms with van der Waals surface area (Å²) in [6, 6.07) is -0.769. The van der Waals surface area contributed by atoms with E-state index in [0.29, 0.717) is 12.8 Å². The molecule has 6 heteroatoms. The molecule has 0 aliphatic carbocycles. The van der Waals surface area contributed by atoms with E-state index in [1.807, 2.05) is 13.8 Å². The predicted molar refractivity (Wildman–Crippen MR) is 74.6 cm³/mol. The number of hydrogen-bond donors (Lipinski definition) is 1. The van der Waals surface area contributed by atoms with Crippen LogP contribution in [0.5, 0.6) is 0 Å². The number of aliphatic hydroxyl groups is 1. The molecule has 6 nitrogen and oxygen atoms in total. The fourth-order valence-electron chi connectivity index (χ4n) is 1.71. The molecule has 0 radical (unpaired) electrons. The zero-order valence-corrected chi connectivity index (χ0v) is 13.3. The molecule has 118 valence electrons. The number of hydroxylamine groups is 2. The lowest BCUT2D eigenvalue weighted by Crippen LogP contribution is -2.50. The molecular weight excluding hydrogens is 262 g/mol. The lowest BCUT2D eigenvalue weighted by Gasteiger charge is -2.35. The van der Waals surface area contributed by atoms with Gasteiger partial charge in [-0.05, 0) is 33.1 Å². The fraction of sp³-hybridized carbons (Fsp3) is 0.857. The number of amides is 1. The van der Waals surface area contributed by atoms with E-state index in [-0.39, 0.29) is 5.92 Å². The molecule has 0 fully saturated rings. The molecule has 0 bridgehead atoms. The van der Waals surface area contributed by atoms with Gasteiger partial charge in [0, 0.05) is 0 Å². The second-order valence-corrected chi connectivity index (χ2v) is 5.95. The van der Waals surface area contributed by atoms with Gasteiger partial charge < -0.3 is 9.84 Å². The minimum atomic E-state index is -1.43. The van der Waals surface area contributed by atoms with Crippen molar-refractivity contribution in [1.82, 2.24) is 5.06 Å². The number of carbonyl (C=O) groups is 2. The van der Waals surface area contributed by atoms with Crippen LogP contribution in [0.3, 0.4) is 0 Å². The molecule has 1 amide bonds. The highest BCUT2D eigenvalue weighted by Gasteiger charge is 2.35. The quantitative estimate of drug-likeness (QED) is 0.416. The largest absolute Gasteiger partial charge is 0.467 e. The van der Waals surface area contributed by atoms with E-state index in [1.165, 1.54) is 7.11 Å². The van der Waals surface area contributed by atoms with Gasteiger partial charge in [-0.25, -0.2) is 9.86 Å². The van der Waals surface area contributed by atoms with Gasteiger partial charge >= 0.3 is 5.97 Å². The van der Waals surface area contributed by atoms with Gasteiger partial charge in [-0.15, -0.1) is 0 Å². The second-order valence-electron chi connectivity index (χ2n) is 5.95. The number of rotatable bonds is 8. The second kappa shape index (κ2) is 8.21. The summed E-state index contributed by atoms with van der Waals surface area (Å²) in [6.07, 6.45) is 0.375. The van der Waals surface area contributed by atoms with Crippen LogP contribution >= 0.6 is 0 Å². The van der Waals surface area contributed by atoms with Gasteiger partial charge in [-0.3, -0.25) is 9.63 Å². The van der Waals surface area contributed by atoms with Crippen LogP contribution in [0.1, 0.15) is 47.5 Å². The van der Waals surface area contributed by atoms with Crippen LogP contribution in [-0.4, -0.2) is 47.4 Å². The van der Waals surface area contributed by atoms with Crippen molar-refractivity contribution in [3.05, 3.63) is 0 Å². The molecule has 0 aromatic heterocycles. The summed E-state index contributed by atoms with van der Waals surface area (Å²) < 4.78 is 4.55. The highest BCUT2D eigenvalue weighted by Crippen LogP contribution is 2.21. The first kappa shape index (κ1) is 18.9. The van der Waals surface area contributed by atoms with E-state index in [9.17, 15) is 14.7 Å². The van der Waals surface area contributed by atoms with E-state index in [2.05, 4.69) is 4.74 Å². The Kier molecular flexibility index (Phi) is 7.75. The Morgan fingerprint density at radius 3 is 2.30 bits per heavy atom. The molecule has 0 aromatic rings.